The first-order valence-corrected chi connectivity index (χ1v) is 5.55. The molecule has 0 radical (unpaired) electrons. The first kappa shape index (κ1) is 9.91. The SMILES string of the molecule is C=Cc1nc(C(C)S(C)(=O)=O)no1. The van der Waals surface area contributed by atoms with Crippen LogP contribution in [0.15, 0.2) is 11.1 Å². The van der Waals surface area contributed by atoms with Crippen molar-refractivity contribution in [2.24, 2.45) is 0 Å². The normalized spacial score (nSPS) is 14.0. The van der Waals surface area contributed by atoms with Crippen LogP contribution in [0.2, 0.25) is 0 Å². The van der Waals surface area contributed by atoms with Gasteiger partial charge in [0.05, 0.1) is 0 Å². The summed E-state index contributed by atoms with van der Waals surface area (Å²) >= 11 is 0. The Labute approximate surface area is 76.4 Å². The zero-order valence-electron chi connectivity index (χ0n) is 7.39. The topological polar surface area (TPSA) is 73.1 Å². The van der Waals surface area contributed by atoms with Crippen molar-refractivity contribution >= 4 is 15.9 Å². The van der Waals surface area contributed by atoms with Crippen LogP contribution in [0, 0.1) is 0 Å². The average Bonchev–Trinajstić information content (AvgIpc) is 2.48. The van der Waals surface area contributed by atoms with E-state index >= 15 is 0 Å². The Morgan fingerprint density at radius 1 is 1.62 bits per heavy atom. The lowest BCUT2D eigenvalue weighted by atomic mass is 10.4. The van der Waals surface area contributed by atoms with E-state index in [4.69, 9.17) is 0 Å². The minimum Gasteiger partial charge on any atom is -0.335 e. The molecule has 5 nitrogen and oxygen atoms in total. The summed E-state index contributed by atoms with van der Waals surface area (Å²) in [7, 11) is -3.17. The zero-order valence-corrected chi connectivity index (χ0v) is 8.21. The second-order valence-electron chi connectivity index (χ2n) is 2.67. The van der Waals surface area contributed by atoms with Crippen molar-refractivity contribution in [3.05, 3.63) is 18.3 Å². The van der Waals surface area contributed by atoms with E-state index in [0.29, 0.717) is 0 Å². The van der Waals surface area contributed by atoms with Crippen LogP contribution in [0.25, 0.3) is 6.08 Å². The second kappa shape index (κ2) is 3.29. The Hall–Kier alpha value is -1.17. The smallest absolute Gasteiger partial charge is 0.250 e. The molecule has 0 fully saturated rings. The van der Waals surface area contributed by atoms with Crippen molar-refractivity contribution in [3.63, 3.8) is 0 Å². The molecule has 0 amide bonds. The molecular weight excluding hydrogens is 192 g/mol. The van der Waals surface area contributed by atoms with Crippen molar-refractivity contribution in [2.75, 3.05) is 6.26 Å². The van der Waals surface area contributed by atoms with E-state index in [0.717, 1.165) is 6.26 Å². The van der Waals surface area contributed by atoms with E-state index in [2.05, 4.69) is 21.2 Å². The van der Waals surface area contributed by atoms with Gasteiger partial charge in [0, 0.05) is 6.26 Å². The Kier molecular flexibility index (Phi) is 2.51. The Morgan fingerprint density at radius 2 is 2.23 bits per heavy atom. The van der Waals surface area contributed by atoms with Gasteiger partial charge in [0.15, 0.2) is 15.7 Å². The maximum Gasteiger partial charge on any atom is 0.250 e. The van der Waals surface area contributed by atoms with Crippen molar-refractivity contribution in [1.29, 1.82) is 0 Å². The number of aromatic nitrogens is 2. The fourth-order valence-electron chi connectivity index (χ4n) is 0.687. The predicted octanol–water partition coefficient (Wildman–Crippen LogP) is 0.818. The van der Waals surface area contributed by atoms with Gasteiger partial charge in [0.1, 0.15) is 5.25 Å². The summed E-state index contributed by atoms with van der Waals surface area (Å²) in [6, 6.07) is 0. The van der Waals surface area contributed by atoms with Gasteiger partial charge in [-0.25, -0.2) is 8.42 Å². The third-order valence-electron chi connectivity index (χ3n) is 1.64. The molecule has 0 saturated carbocycles. The first-order valence-electron chi connectivity index (χ1n) is 3.60. The molecule has 13 heavy (non-hydrogen) atoms. The van der Waals surface area contributed by atoms with Gasteiger partial charge in [0.25, 0.3) is 0 Å². The molecule has 1 aromatic heterocycles. The van der Waals surface area contributed by atoms with Gasteiger partial charge in [-0.05, 0) is 13.0 Å². The summed E-state index contributed by atoms with van der Waals surface area (Å²) in [6.45, 7) is 4.93. The molecule has 0 aliphatic carbocycles. The number of hydrogen-bond donors (Lipinski definition) is 0. The number of nitrogens with zero attached hydrogens (tertiary/aromatic N) is 2. The third kappa shape index (κ3) is 2.15. The summed E-state index contributed by atoms with van der Waals surface area (Å²) in [6.07, 6.45) is 2.49. The molecule has 0 N–H and O–H groups in total. The quantitative estimate of drug-likeness (QED) is 0.725. The molecule has 0 bridgehead atoms. The maximum absolute atomic E-state index is 11.1. The maximum atomic E-state index is 11.1. The van der Waals surface area contributed by atoms with Crippen LogP contribution in [0.4, 0.5) is 0 Å². The molecule has 1 unspecified atom stereocenters. The highest BCUT2D eigenvalue weighted by atomic mass is 32.2. The lowest BCUT2D eigenvalue weighted by Crippen LogP contribution is -2.09. The van der Waals surface area contributed by atoms with Crippen LogP contribution in [0.5, 0.6) is 0 Å². The lowest BCUT2D eigenvalue weighted by molar-refractivity contribution is 0.402. The number of hydrogen-bond acceptors (Lipinski definition) is 5. The fraction of sp³-hybridized carbons (Fsp3) is 0.429. The van der Waals surface area contributed by atoms with E-state index in [1.54, 1.807) is 0 Å². The van der Waals surface area contributed by atoms with Crippen molar-refractivity contribution in [1.82, 2.24) is 10.1 Å². The van der Waals surface area contributed by atoms with Crippen LogP contribution in [-0.2, 0) is 9.84 Å². The molecule has 0 aliphatic rings. The highest BCUT2D eigenvalue weighted by Gasteiger charge is 2.22. The average molecular weight is 202 g/mol. The number of sulfone groups is 1. The van der Waals surface area contributed by atoms with Crippen LogP contribution in [0.1, 0.15) is 23.9 Å². The lowest BCUT2D eigenvalue weighted by Gasteiger charge is -2.01. The second-order valence-corrected chi connectivity index (χ2v) is 5.03. The molecule has 1 rings (SSSR count). The summed E-state index contributed by atoms with van der Waals surface area (Å²) in [5.41, 5.74) is 0. The zero-order chi connectivity index (χ0) is 10.1. The van der Waals surface area contributed by atoms with E-state index < -0.39 is 15.1 Å². The number of rotatable bonds is 3. The highest BCUT2D eigenvalue weighted by molar-refractivity contribution is 7.90. The van der Waals surface area contributed by atoms with Gasteiger partial charge in [-0.3, -0.25) is 0 Å². The molecule has 0 saturated heterocycles. The molecule has 1 heterocycles. The van der Waals surface area contributed by atoms with E-state index in [-0.39, 0.29) is 11.7 Å². The molecule has 0 spiro atoms. The van der Waals surface area contributed by atoms with Crippen molar-refractivity contribution in [3.8, 4) is 0 Å². The van der Waals surface area contributed by atoms with Gasteiger partial charge in [0.2, 0.25) is 5.89 Å². The molecule has 1 aromatic rings. The Balaban J connectivity index is 3.02. The monoisotopic (exact) mass is 202 g/mol. The van der Waals surface area contributed by atoms with Crippen LogP contribution >= 0.6 is 0 Å². The molecule has 1 atom stereocenters. The molecule has 6 heteroatoms. The highest BCUT2D eigenvalue weighted by Crippen LogP contribution is 2.17. The van der Waals surface area contributed by atoms with Crippen LogP contribution in [-0.4, -0.2) is 24.8 Å². The van der Waals surface area contributed by atoms with Gasteiger partial charge < -0.3 is 4.52 Å². The molecule has 0 aliphatic heterocycles. The molecule has 0 aromatic carbocycles. The largest absolute Gasteiger partial charge is 0.335 e. The summed E-state index contributed by atoms with van der Waals surface area (Å²) < 4.78 is 26.9. The van der Waals surface area contributed by atoms with Gasteiger partial charge in [-0.15, -0.1) is 0 Å². The Morgan fingerprint density at radius 3 is 2.62 bits per heavy atom. The van der Waals surface area contributed by atoms with Crippen molar-refractivity contribution in [2.45, 2.75) is 12.2 Å². The first-order chi connectivity index (χ1) is 5.95. The standard InChI is InChI=1S/C7H10N2O3S/c1-4-6-8-7(9-12-6)5(2)13(3,10)11/h4-5H,1H2,2-3H3. The summed E-state index contributed by atoms with van der Waals surface area (Å²) in [4.78, 5) is 3.82. The molecular formula is C7H10N2O3S. The van der Waals surface area contributed by atoms with E-state index in [1.807, 2.05) is 0 Å². The summed E-state index contributed by atoms with van der Waals surface area (Å²) in [5.74, 6) is 0.392. The van der Waals surface area contributed by atoms with Crippen LogP contribution in [0.3, 0.4) is 0 Å². The summed E-state index contributed by atoms with van der Waals surface area (Å²) in [5, 5.41) is 2.77. The van der Waals surface area contributed by atoms with Gasteiger partial charge in [-0.1, -0.05) is 11.7 Å². The van der Waals surface area contributed by atoms with Crippen LogP contribution < -0.4 is 0 Å². The third-order valence-corrected chi connectivity index (χ3v) is 3.13. The van der Waals surface area contributed by atoms with Crippen molar-refractivity contribution < 1.29 is 12.9 Å². The van der Waals surface area contributed by atoms with Gasteiger partial charge in [-0.2, -0.15) is 4.98 Å². The Bertz CT molecular complexity index is 407. The van der Waals surface area contributed by atoms with Gasteiger partial charge >= 0.3 is 0 Å². The fourth-order valence-corrected chi connectivity index (χ4v) is 1.17. The minimum atomic E-state index is -3.17. The van der Waals surface area contributed by atoms with E-state index in [1.165, 1.54) is 13.0 Å². The molecule has 72 valence electrons. The minimum absolute atomic E-state index is 0.164. The predicted molar refractivity (Wildman–Crippen MR) is 47.6 cm³/mol. The van der Waals surface area contributed by atoms with E-state index in [9.17, 15) is 8.42 Å².